The van der Waals surface area contributed by atoms with Crippen LogP contribution in [-0.4, -0.2) is 95.2 Å². The zero-order valence-corrected chi connectivity index (χ0v) is 20.2. The summed E-state index contributed by atoms with van der Waals surface area (Å²) in [6.45, 7) is 2.80. The number of guanidine groups is 1. The van der Waals surface area contributed by atoms with E-state index in [1.54, 1.807) is 0 Å². The molecule has 33 heavy (non-hydrogen) atoms. The van der Waals surface area contributed by atoms with E-state index in [-0.39, 0.29) is 30.4 Å². The van der Waals surface area contributed by atoms with Crippen LogP contribution in [0.1, 0.15) is 77.0 Å². The maximum absolute atomic E-state index is 13.6. The summed E-state index contributed by atoms with van der Waals surface area (Å²) in [6, 6.07) is -0.192. The third kappa shape index (κ3) is 7.30. The van der Waals surface area contributed by atoms with Crippen LogP contribution in [0.25, 0.3) is 0 Å². The fraction of sp³-hybridized carbons (Fsp3) is 0.875. The van der Waals surface area contributed by atoms with Crippen LogP contribution in [-0.2, 0) is 14.3 Å². The molecule has 188 valence electrons. The number of amides is 1. The van der Waals surface area contributed by atoms with E-state index in [4.69, 9.17) is 15.9 Å². The monoisotopic (exact) mass is 465 g/mol. The molecule has 9 heteroatoms. The van der Waals surface area contributed by atoms with Gasteiger partial charge in [-0.05, 0) is 58.4 Å². The maximum Gasteiger partial charge on any atom is 0.305 e. The Morgan fingerprint density at radius 3 is 2.36 bits per heavy atom. The van der Waals surface area contributed by atoms with Crippen LogP contribution < -0.4 is 5.73 Å². The highest BCUT2D eigenvalue weighted by molar-refractivity contribution is 5.86. The van der Waals surface area contributed by atoms with E-state index < -0.39 is 12.0 Å². The van der Waals surface area contributed by atoms with E-state index in [0.29, 0.717) is 19.2 Å². The molecule has 9 nitrogen and oxygen atoms in total. The second-order valence-corrected chi connectivity index (χ2v) is 9.98. The lowest BCUT2D eigenvalue weighted by Gasteiger charge is -2.42. The van der Waals surface area contributed by atoms with Gasteiger partial charge >= 0.3 is 5.97 Å². The maximum atomic E-state index is 13.6. The Morgan fingerprint density at radius 2 is 1.73 bits per heavy atom. The van der Waals surface area contributed by atoms with Gasteiger partial charge in [0.25, 0.3) is 0 Å². The van der Waals surface area contributed by atoms with Gasteiger partial charge in [-0.25, -0.2) is 0 Å². The number of carbonyl (C=O) groups excluding carboxylic acids is 1. The van der Waals surface area contributed by atoms with Crippen LogP contribution in [0.5, 0.6) is 0 Å². The predicted octanol–water partition coefficient (Wildman–Crippen LogP) is 2.24. The van der Waals surface area contributed by atoms with Gasteiger partial charge in [-0.3, -0.25) is 19.9 Å². The van der Waals surface area contributed by atoms with Crippen LogP contribution in [0.15, 0.2) is 0 Å². The molecule has 1 saturated carbocycles. The van der Waals surface area contributed by atoms with Gasteiger partial charge in [-0.15, -0.1) is 0 Å². The van der Waals surface area contributed by atoms with Gasteiger partial charge in [0.1, 0.15) is 0 Å². The molecule has 0 aromatic rings. The zero-order valence-electron chi connectivity index (χ0n) is 20.2. The summed E-state index contributed by atoms with van der Waals surface area (Å²) in [5, 5.41) is 17.1. The summed E-state index contributed by atoms with van der Waals surface area (Å²) in [7, 11) is 1.94. The lowest BCUT2D eigenvalue weighted by atomic mass is 9.92. The van der Waals surface area contributed by atoms with Gasteiger partial charge < -0.3 is 25.4 Å². The Balaban J connectivity index is 1.55. The van der Waals surface area contributed by atoms with Gasteiger partial charge in [0, 0.05) is 38.3 Å². The molecule has 1 unspecified atom stereocenters. The van der Waals surface area contributed by atoms with Crippen molar-refractivity contribution in [2.45, 2.75) is 101 Å². The molecule has 1 amide bonds. The highest BCUT2D eigenvalue weighted by Crippen LogP contribution is 2.27. The minimum atomic E-state index is -0.912. The number of likely N-dealkylation sites (tertiary alicyclic amines) is 2. The lowest BCUT2D eigenvalue weighted by molar-refractivity contribution is -0.149. The standard InChI is InChI=1S/C24H43N5O4/c1-27(18-7-3-2-4-8-18)21(17-22(30)31)23(32)29-13-6-5-9-19(29)12-16-33-20-10-14-28(15-11-20)24(25)26/h18-21H,2-17H2,1H3,(H3,25,26)(H,30,31)/t19?,21-/m0/s1. The van der Waals surface area contributed by atoms with E-state index in [1.807, 2.05) is 16.8 Å². The molecule has 0 aromatic carbocycles. The molecule has 3 rings (SSSR count). The number of hydrogen-bond donors (Lipinski definition) is 3. The number of carboxylic acid groups (broad SMARTS) is 1. The van der Waals surface area contributed by atoms with Gasteiger partial charge in [-0.1, -0.05) is 19.3 Å². The lowest BCUT2D eigenvalue weighted by Crippen LogP contribution is -2.55. The SMILES string of the molecule is CN(C1CCCCC1)[C@@H](CC(=O)O)C(=O)N1CCCCC1CCOC1CCN(C(=N)N)CC1. The van der Waals surface area contributed by atoms with E-state index >= 15 is 0 Å². The van der Waals surface area contributed by atoms with Gasteiger partial charge in [0.05, 0.1) is 18.6 Å². The molecule has 4 N–H and O–H groups in total. The number of rotatable bonds is 9. The minimum Gasteiger partial charge on any atom is -0.481 e. The van der Waals surface area contributed by atoms with Crippen molar-refractivity contribution in [2.24, 2.45) is 5.73 Å². The normalized spacial score (nSPS) is 24.1. The molecule has 3 fully saturated rings. The molecule has 2 atom stereocenters. The Labute approximate surface area is 198 Å². The van der Waals surface area contributed by atoms with Gasteiger partial charge in [-0.2, -0.15) is 0 Å². The molecule has 0 radical (unpaired) electrons. The molecule has 0 spiro atoms. The molecule has 2 saturated heterocycles. The molecule has 2 aliphatic heterocycles. The van der Waals surface area contributed by atoms with E-state index in [1.165, 1.54) is 6.42 Å². The van der Waals surface area contributed by atoms with Crippen LogP contribution in [0.2, 0.25) is 0 Å². The average molecular weight is 466 g/mol. The Bertz CT molecular complexity index is 661. The van der Waals surface area contributed by atoms with E-state index in [2.05, 4.69) is 4.90 Å². The van der Waals surface area contributed by atoms with E-state index in [9.17, 15) is 14.7 Å². The molecule has 1 aliphatic carbocycles. The second kappa shape index (κ2) is 12.6. The summed E-state index contributed by atoms with van der Waals surface area (Å²) < 4.78 is 6.13. The summed E-state index contributed by atoms with van der Waals surface area (Å²) in [4.78, 5) is 31.2. The molecular weight excluding hydrogens is 422 g/mol. The highest BCUT2D eigenvalue weighted by atomic mass is 16.5. The largest absolute Gasteiger partial charge is 0.481 e. The van der Waals surface area contributed by atoms with E-state index in [0.717, 1.165) is 77.3 Å². The number of ether oxygens (including phenoxy) is 1. The molecule has 2 heterocycles. The first-order valence-corrected chi connectivity index (χ1v) is 12.8. The minimum absolute atomic E-state index is 0.0232. The molecule has 3 aliphatic rings. The smallest absolute Gasteiger partial charge is 0.305 e. The Morgan fingerprint density at radius 1 is 1.06 bits per heavy atom. The fourth-order valence-electron chi connectivity index (χ4n) is 5.73. The fourth-order valence-corrected chi connectivity index (χ4v) is 5.73. The number of aliphatic carboxylic acids is 1. The number of carboxylic acids is 1. The van der Waals surface area contributed by atoms with Crippen LogP contribution in [0, 0.1) is 5.41 Å². The number of nitrogens with one attached hydrogen (secondary N) is 1. The Kier molecular flexibility index (Phi) is 9.79. The van der Waals surface area contributed by atoms with Crippen LogP contribution in [0.4, 0.5) is 0 Å². The summed E-state index contributed by atoms with van der Waals surface area (Å²) >= 11 is 0. The van der Waals surface area contributed by atoms with Crippen molar-refractivity contribution in [3.05, 3.63) is 0 Å². The summed E-state index contributed by atoms with van der Waals surface area (Å²) in [5.41, 5.74) is 5.57. The number of hydrogen-bond acceptors (Lipinski definition) is 5. The second-order valence-electron chi connectivity index (χ2n) is 9.98. The first-order chi connectivity index (χ1) is 15.9. The van der Waals surface area contributed by atoms with Crippen molar-refractivity contribution in [1.82, 2.24) is 14.7 Å². The van der Waals surface area contributed by atoms with Crippen LogP contribution >= 0.6 is 0 Å². The van der Waals surface area contributed by atoms with Crippen molar-refractivity contribution in [2.75, 3.05) is 33.3 Å². The van der Waals surface area contributed by atoms with Crippen molar-refractivity contribution in [3.8, 4) is 0 Å². The number of piperidine rings is 2. The van der Waals surface area contributed by atoms with Crippen molar-refractivity contribution >= 4 is 17.8 Å². The highest BCUT2D eigenvalue weighted by Gasteiger charge is 2.37. The first-order valence-electron chi connectivity index (χ1n) is 12.8. The summed E-state index contributed by atoms with van der Waals surface area (Å²) in [5.74, 6) is -0.811. The molecule has 0 aromatic heterocycles. The first kappa shape index (κ1) is 25.7. The predicted molar refractivity (Wildman–Crippen MR) is 127 cm³/mol. The third-order valence-corrected chi connectivity index (χ3v) is 7.79. The average Bonchev–Trinajstić information content (AvgIpc) is 2.83. The van der Waals surface area contributed by atoms with Gasteiger partial charge in [0.15, 0.2) is 5.96 Å². The number of carbonyl (C=O) groups is 2. The number of likely N-dealkylation sites (N-methyl/N-ethyl adjacent to an activating group) is 1. The van der Waals surface area contributed by atoms with Crippen molar-refractivity contribution in [3.63, 3.8) is 0 Å². The zero-order chi connectivity index (χ0) is 23.8. The number of nitrogens with zero attached hydrogens (tertiary/aromatic N) is 3. The summed E-state index contributed by atoms with van der Waals surface area (Å²) in [6.07, 6.45) is 11.2. The van der Waals surface area contributed by atoms with Crippen molar-refractivity contribution in [1.29, 1.82) is 5.41 Å². The van der Waals surface area contributed by atoms with Crippen LogP contribution in [0.3, 0.4) is 0 Å². The molecular formula is C24H43N5O4. The van der Waals surface area contributed by atoms with Crippen molar-refractivity contribution < 1.29 is 19.4 Å². The quantitative estimate of drug-likeness (QED) is 0.352. The Hall–Kier alpha value is -1.87. The topological polar surface area (TPSA) is 123 Å². The molecule has 0 bridgehead atoms. The van der Waals surface area contributed by atoms with Gasteiger partial charge in [0.2, 0.25) is 5.91 Å². The number of nitrogens with two attached hydrogens (primary N) is 1. The third-order valence-electron chi connectivity index (χ3n) is 7.79.